The Morgan fingerprint density at radius 2 is 1.83 bits per heavy atom. The van der Waals surface area contributed by atoms with Crippen LogP contribution in [0.1, 0.15) is 33.1 Å². The summed E-state index contributed by atoms with van der Waals surface area (Å²) in [5.41, 5.74) is 0. The number of ether oxygens (including phenoxy) is 2. The molecule has 2 fully saturated rings. The Kier molecular flexibility index (Phi) is 3.99. The number of hydrogen-bond donors (Lipinski definition) is 0. The second-order valence-corrected chi connectivity index (χ2v) is 4.83. The van der Waals surface area contributed by atoms with Crippen LogP contribution in [0.2, 0.25) is 0 Å². The number of rotatable bonds is 3. The molecule has 2 heterocycles. The van der Waals surface area contributed by atoms with Gasteiger partial charge in [0, 0.05) is 32.3 Å². The number of imide groups is 1. The first-order valence-electron chi connectivity index (χ1n) is 6.23. The lowest BCUT2D eigenvalue weighted by atomic mass is 9.93. The van der Waals surface area contributed by atoms with Gasteiger partial charge in [-0.3, -0.25) is 9.59 Å². The number of nitrogens with zero attached hydrogens (tertiary/aromatic N) is 1. The summed E-state index contributed by atoms with van der Waals surface area (Å²) < 4.78 is 11.0. The fourth-order valence-electron chi connectivity index (χ4n) is 2.30. The van der Waals surface area contributed by atoms with Crippen molar-refractivity contribution in [3.8, 4) is 0 Å². The fraction of sp³-hybridized carbons (Fsp3) is 0.833. The number of carbonyl (C=O) groups excluding carboxylic acids is 2. The highest BCUT2D eigenvalue weighted by molar-refractivity contribution is 6.00. The van der Waals surface area contributed by atoms with Crippen LogP contribution >= 0.6 is 0 Å². The number of methoxy groups -OCH3 is 1. The van der Waals surface area contributed by atoms with E-state index in [1.807, 2.05) is 13.8 Å². The lowest BCUT2D eigenvalue weighted by Gasteiger charge is -2.38. The molecule has 1 unspecified atom stereocenters. The van der Waals surface area contributed by atoms with E-state index in [1.165, 1.54) is 0 Å². The summed E-state index contributed by atoms with van der Waals surface area (Å²) in [4.78, 5) is 28.3. The molecule has 6 nitrogen and oxygen atoms in total. The predicted octanol–water partition coefficient (Wildman–Crippen LogP) is 0.853. The maximum Gasteiger partial charge on any atom is 0.254 e. The first-order chi connectivity index (χ1) is 8.52. The lowest BCUT2D eigenvalue weighted by Crippen LogP contribution is -2.46. The summed E-state index contributed by atoms with van der Waals surface area (Å²) in [6.07, 6.45) is 0.301. The SMILES string of the molecule is CO[C@H]1C[C@H](ON2C(=O)CCC2=O)O[C@@H](C)C1C. The molecular weight excluding hydrogens is 238 g/mol. The second-order valence-electron chi connectivity index (χ2n) is 4.83. The third-order valence-corrected chi connectivity index (χ3v) is 3.65. The van der Waals surface area contributed by atoms with E-state index in [-0.39, 0.29) is 42.8 Å². The van der Waals surface area contributed by atoms with Crippen LogP contribution in [0.15, 0.2) is 0 Å². The third kappa shape index (κ3) is 2.55. The second kappa shape index (κ2) is 5.34. The topological polar surface area (TPSA) is 65.1 Å². The van der Waals surface area contributed by atoms with Crippen molar-refractivity contribution in [2.24, 2.45) is 5.92 Å². The zero-order valence-electron chi connectivity index (χ0n) is 10.9. The zero-order valence-corrected chi connectivity index (χ0v) is 10.9. The first-order valence-corrected chi connectivity index (χ1v) is 6.23. The number of amides is 2. The van der Waals surface area contributed by atoms with Crippen LogP contribution < -0.4 is 0 Å². The summed E-state index contributed by atoms with van der Waals surface area (Å²) in [7, 11) is 1.64. The molecule has 2 saturated heterocycles. The molecule has 0 aromatic rings. The molecule has 0 aromatic carbocycles. The highest BCUT2D eigenvalue weighted by atomic mass is 16.8. The average Bonchev–Trinajstić information content (AvgIpc) is 2.65. The first kappa shape index (κ1) is 13.5. The van der Waals surface area contributed by atoms with E-state index in [1.54, 1.807) is 7.11 Å². The molecule has 18 heavy (non-hydrogen) atoms. The van der Waals surface area contributed by atoms with Crippen LogP contribution in [0.4, 0.5) is 0 Å². The van der Waals surface area contributed by atoms with E-state index >= 15 is 0 Å². The molecule has 2 aliphatic rings. The van der Waals surface area contributed by atoms with Crippen molar-refractivity contribution >= 4 is 11.8 Å². The van der Waals surface area contributed by atoms with Crippen LogP contribution in [0.3, 0.4) is 0 Å². The van der Waals surface area contributed by atoms with Gasteiger partial charge in [0.1, 0.15) is 0 Å². The summed E-state index contributed by atoms with van der Waals surface area (Å²) in [5.74, 6) is -0.354. The minimum Gasteiger partial charge on any atom is -0.381 e. The molecule has 0 aromatic heterocycles. The third-order valence-electron chi connectivity index (χ3n) is 3.65. The highest BCUT2D eigenvalue weighted by Crippen LogP contribution is 2.29. The number of carbonyl (C=O) groups is 2. The molecular formula is C12H19NO5. The molecule has 0 radical (unpaired) electrons. The van der Waals surface area contributed by atoms with Crippen molar-refractivity contribution in [3.05, 3.63) is 0 Å². The van der Waals surface area contributed by atoms with Gasteiger partial charge in [0.25, 0.3) is 11.8 Å². The van der Waals surface area contributed by atoms with E-state index < -0.39 is 6.29 Å². The van der Waals surface area contributed by atoms with Crippen molar-refractivity contribution in [2.45, 2.75) is 51.6 Å². The van der Waals surface area contributed by atoms with Crippen LogP contribution in [0, 0.1) is 5.92 Å². The Morgan fingerprint density at radius 1 is 1.22 bits per heavy atom. The van der Waals surface area contributed by atoms with Crippen molar-refractivity contribution in [3.63, 3.8) is 0 Å². The standard InChI is InChI=1S/C12H19NO5/c1-7-8(2)17-12(6-9(7)16-3)18-13-10(14)4-5-11(13)15/h7-9,12H,4-6H2,1-3H3/t7?,8-,9-,12-/m0/s1. The molecule has 2 rings (SSSR count). The highest BCUT2D eigenvalue weighted by Gasteiger charge is 2.39. The van der Waals surface area contributed by atoms with E-state index in [9.17, 15) is 9.59 Å². The van der Waals surface area contributed by atoms with E-state index in [4.69, 9.17) is 14.3 Å². The van der Waals surface area contributed by atoms with Gasteiger partial charge in [-0.25, -0.2) is 4.84 Å². The van der Waals surface area contributed by atoms with E-state index in [0.29, 0.717) is 6.42 Å². The quantitative estimate of drug-likeness (QED) is 0.701. The smallest absolute Gasteiger partial charge is 0.254 e. The van der Waals surface area contributed by atoms with E-state index in [0.717, 1.165) is 5.06 Å². The molecule has 102 valence electrons. The molecule has 0 spiro atoms. The van der Waals surface area contributed by atoms with Crippen molar-refractivity contribution in [1.29, 1.82) is 0 Å². The normalized spacial score (nSPS) is 37.4. The number of hydrogen-bond acceptors (Lipinski definition) is 5. The van der Waals surface area contributed by atoms with Gasteiger partial charge in [-0.2, -0.15) is 5.06 Å². The predicted molar refractivity (Wildman–Crippen MR) is 61.1 cm³/mol. The molecule has 2 amide bonds. The molecule has 4 atom stereocenters. The van der Waals surface area contributed by atoms with Crippen LogP contribution in [-0.4, -0.2) is 42.5 Å². The molecule has 0 bridgehead atoms. The summed E-state index contributed by atoms with van der Waals surface area (Å²) in [5, 5.41) is 0.833. The van der Waals surface area contributed by atoms with Crippen molar-refractivity contribution in [2.75, 3.05) is 7.11 Å². The van der Waals surface area contributed by atoms with Crippen LogP contribution in [0.5, 0.6) is 0 Å². The number of hydroxylamine groups is 2. The minimum absolute atomic E-state index is 0.00607. The Hall–Kier alpha value is -0.980. The van der Waals surface area contributed by atoms with Gasteiger partial charge >= 0.3 is 0 Å². The summed E-state index contributed by atoms with van der Waals surface area (Å²) in [6.45, 7) is 3.97. The largest absolute Gasteiger partial charge is 0.381 e. The molecule has 2 aliphatic heterocycles. The van der Waals surface area contributed by atoms with Crippen molar-refractivity contribution in [1.82, 2.24) is 5.06 Å². The molecule has 0 saturated carbocycles. The molecule has 6 heteroatoms. The zero-order chi connectivity index (χ0) is 13.3. The van der Waals surface area contributed by atoms with Gasteiger partial charge in [-0.1, -0.05) is 6.92 Å². The maximum atomic E-state index is 11.4. The van der Waals surface area contributed by atoms with Gasteiger partial charge in [-0.15, -0.1) is 0 Å². The summed E-state index contributed by atoms with van der Waals surface area (Å²) in [6, 6.07) is 0. The molecule has 0 N–H and O–H groups in total. The van der Waals surface area contributed by atoms with Gasteiger partial charge < -0.3 is 9.47 Å². The van der Waals surface area contributed by atoms with Crippen LogP contribution in [0.25, 0.3) is 0 Å². The Labute approximate surface area is 106 Å². The Morgan fingerprint density at radius 3 is 2.39 bits per heavy atom. The van der Waals surface area contributed by atoms with E-state index in [2.05, 4.69) is 0 Å². The van der Waals surface area contributed by atoms with Gasteiger partial charge in [-0.05, 0) is 6.92 Å². The molecule has 0 aliphatic carbocycles. The van der Waals surface area contributed by atoms with Gasteiger partial charge in [0.15, 0.2) is 6.29 Å². The summed E-state index contributed by atoms with van der Waals surface area (Å²) >= 11 is 0. The Balaban J connectivity index is 1.97. The Bertz CT molecular complexity index is 329. The maximum absolute atomic E-state index is 11.4. The van der Waals surface area contributed by atoms with Gasteiger partial charge in [0.2, 0.25) is 0 Å². The lowest BCUT2D eigenvalue weighted by molar-refractivity contribution is -0.299. The van der Waals surface area contributed by atoms with Crippen LogP contribution in [-0.2, 0) is 23.9 Å². The average molecular weight is 257 g/mol. The van der Waals surface area contributed by atoms with Crippen molar-refractivity contribution < 1.29 is 23.9 Å². The monoisotopic (exact) mass is 257 g/mol. The fourth-order valence-corrected chi connectivity index (χ4v) is 2.30. The van der Waals surface area contributed by atoms with Gasteiger partial charge in [0.05, 0.1) is 12.2 Å². The minimum atomic E-state index is -0.604.